The molecule has 1 atom stereocenters. The molecule has 4 N–H and O–H groups in total. The summed E-state index contributed by atoms with van der Waals surface area (Å²) in [7, 11) is 1.53. The van der Waals surface area contributed by atoms with Crippen LogP contribution < -0.4 is 15.4 Å². The molecular weight excluding hydrogens is 398 g/mol. The summed E-state index contributed by atoms with van der Waals surface area (Å²) in [5.41, 5.74) is 3.54. The molecule has 1 aliphatic heterocycles. The minimum absolute atomic E-state index is 0.0629. The Bertz CT molecular complexity index is 1160. The number of aromatic hydroxyl groups is 2. The first-order chi connectivity index (χ1) is 14.5. The van der Waals surface area contributed by atoms with Crippen LogP contribution in [0.25, 0.3) is 11.1 Å². The molecule has 0 fully saturated rings. The fraction of sp³-hybridized carbons (Fsp3) is 0.130. The maximum absolute atomic E-state index is 10.5. The number of para-hydroxylation sites is 1. The Morgan fingerprint density at radius 3 is 2.70 bits per heavy atom. The standard InChI is InChI=1S/C23H21N3O3S/c1-14-4-3-5-19(22(14)28)15-6-7-21-20(10-15)23(26-30,8-9-24-21)25-16-11-17(27)13-18(12-16)29-2/h3-13,24-25,27-28H,1-2H3/t23-/m1/s1. The molecule has 0 amide bonds. The summed E-state index contributed by atoms with van der Waals surface area (Å²) in [5.74, 6) is 0.810. The zero-order chi connectivity index (χ0) is 21.3. The van der Waals surface area contributed by atoms with Gasteiger partial charge in [0.1, 0.15) is 17.2 Å². The van der Waals surface area contributed by atoms with Crippen molar-refractivity contribution < 1.29 is 14.9 Å². The highest BCUT2D eigenvalue weighted by Crippen LogP contribution is 2.42. The number of nitrogens with one attached hydrogen (secondary N) is 2. The van der Waals surface area contributed by atoms with Gasteiger partial charge in [-0.1, -0.05) is 24.3 Å². The second kappa shape index (κ2) is 7.68. The molecular formula is C23H21N3O3S. The summed E-state index contributed by atoms with van der Waals surface area (Å²) >= 11 is 5.20. The van der Waals surface area contributed by atoms with Gasteiger partial charge < -0.3 is 25.6 Å². The van der Waals surface area contributed by atoms with E-state index < -0.39 is 5.66 Å². The molecule has 0 bridgehead atoms. The number of methoxy groups -OCH3 is 1. The molecule has 0 saturated heterocycles. The van der Waals surface area contributed by atoms with Gasteiger partial charge in [-0.25, -0.2) is 0 Å². The summed E-state index contributed by atoms with van der Waals surface area (Å²) in [6.07, 6.45) is 3.59. The number of benzene rings is 3. The first-order valence-corrected chi connectivity index (χ1v) is 9.71. The summed E-state index contributed by atoms with van der Waals surface area (Å²) < 4.78 is 9.48. The van der Waals surface area contributed by atoms with Crippen molar-refractivity contribution in [1.29, 1.82) is 0 Å². The highest BCUT2D eigenvalue weighted by atomic mass is 32.1. The molecule has 30 heavy (non-hydrogen) atoms. The average molecular weight is 420 g/mol. The van der Waals surface area contributed by atoms with Gasteiger partial charge in [-0.3, -0.25) is 0 Å². The van der Waals surface area contributed by atoms with Crippen molar-refractivity contribution in [3.63, 3.8) is 0 Å². The van der Waals surface area contributed by atoms with Gasteiger partial charge in [0.2, 0.25) is 0 Å². The van der Waals surface area contributed by atoms with Gasteiger partial charge in [0, 0.05) is 59.3 Å². The third kappa shape index (κ3) is 3.44. The number of hydrogen-bond acceptors (Lipinski definition) is 7. The van der Waals surface area contributed by atoms with Crippen LogP contribution in [-0.4, -0.2) is 17.3 Å². The van der Waals surface area contributed by atoms with Gasteiger partial charge in [-0.2, -0.15) is 4.36 Å². The van der Waals surface area contributed by atoms with Crippen molar-refractivity contribution in [2.24, 2.45) is 4.36 Å². The second-order valence-electron chi connectivity index (χ2n) is 7.11. The zero-order valence-corrected chi connectivity index (χ0v) is 17.3. The van der Waals surface area contributed by atoms with E-state index >= 15 is 0 Å². The lowest BCUT2D eigenvalue weighted by Crippen LogP contribution is -2.33. The monoisotopic (exact) mass is 419 g/mol. The predicted octanol–water partition coefficient (Wildman–Crippen LogP) is 5.02. The molecule has 4 rings (SSSR count). The highest BCUT2D eigenvalue weighted by molar-refractivity contribution is 7.47. The van der Waals surface area contributed by atoms with Crippen LogP contribution in [0.4, 0.5) is 11.4 Å². The SMILES string of the molecule is COc1cc(O)cc(N[C@@]2(N=S)C=CNc3ccc(-c4cccc(C)c4O)cc32)c1. The topological polar surface area (TPSA) is 86.1 Å². The first kappa shape index (κ1) is 19.7. The molecule has 0 radical (unpaired) electrons. The Morgan fingerprint density at radius 2 is 1.93 bits per heavy atom. The van der Waals surface area contributed by atoms with Crippen LogP contribution in [0.3, 0.4) is 0 Å². The second-order valence-corrected chi connectivity index (χ2v) is 7.29. The molecule has 3 aromatic rings. The van der Waals surface area contributed by atoms with Gasteiger partial charge in [0.15, 0.2) is 5.66 Å². The van der Waals surface area contributed by atoms with E-state index in [4.69, 9.17) is 17.2 Å². The number of phenolic OH excluding ortho intramolecular Hbond substituents is 2. The first-order valence-electron chi connectivity index (χ1n) is 9.34. The molecule has 152 valence electrons. The number of hydrogen-bond donors (Lipinski definition) is 4. The summed E-state index contributed by atoms with van der Waals surface area (Å²) in [5, 5.41) is 27.1. The lowest BCUT2D eigenvalue weighted by atomic mass is 9.91. The van der Waals surface area contributed by atoms with Crippen LogP contribution >= 0.6 is 0 Å². The van der Waals surface area contributed by atoms with Crippen LogP contribution in [0, 0.1) is 6.92 Å². The Kier molecular flexibility index (Phi) is 5.05. The van der Waals surface area contributed by atoms with Crippen molar-refractivity contribution >= 4 is 23.8 Å². The Morgan fingerprint density at radius 1 is 1.10 bits per heavy atom. The Hall–Kier alpha value is -3.58. The van der Waals surface area contributed by atoms with E-state index in [0.717, 1.165) is 27.9 Å². The minimum atomic E-state index is -1.05. The fourth-order valence-electron chi connectivity index (χ4n) is 3.59. The van der Waals surface area contributed by atoms with Crippen LogP contribution in [0.1, 0.15) is 11.1 Å². The summed E-state index contributed by atoms with van der Waals surface area (Å²) in [4.78, 5) is 0. The number of fused-ring (bicyclic) bond motifs is 1. The van der Waals surface area contributed by atoms with E-state index in [-0.39, 0.29) is 11.5 Å². The molecule has 0 unspecified atom stereocenters. The molecule has 1 aliphatic rings. The van der Waals surface area contributed by atoms with Gasteiger partial charge in [0.25, 0.3) is 0 Å². The molecule has 0 aliphatic carbocycles. The van der Waals surface area contributed by atoms with Gasteiger partial charge in [-0.05, 0) is 36.3 Å². The number of phenols is 2. The lowest BCUT2D eigenvalue weighted by molar-refractivity contribution is 0.408. The largest absolute Gasteiger partial charge is 0.508 e. The molecule has 0 saturated carbocycles. The maximum Gasteiger partial charge on any atom is 0.190 e. The van der Waals surface area contributed by atoms with Crippen molar-refractivity contribution in [1.82, 2.24) is 0 Å². The predicted molar refractivity (Wildman–Crippen MR) is 121 cm³/mol. The molecule has 0 aromatic heterocycles. The number of anilines is 2. The van der Waals surface area contributed by atoms with Crippen LogP contribution in [0.15, 0.2) is 71.2 Å². The van der Waals surface area contributed by atoms with Crippen molar-refractivity contribution in [2.75, 3.05) is 17.7 Å². The molecule has 0 spiro atoms. The quantitative estimate of drug-likeness (QED) is 0.465. The van der Waals surface area contributed by atoms with Gasteiger partial charge in [0.05, 0.1) is 7.11 Å². The number of nitrogens with zero attached hydrogens (tertiary/aromatic N) is 1. The molecule has 6 nitrogen and oxygen atoms in total. The van der Waals surface area contributed by atoms with E-state index in [1.807, 2.05) is 49.4 Å². The third-order valence-electron chi connectivity index (χ3n) is 5.15. The third-order valence-corrected chi connectivity index (χ3v) is 5.44. The minimum Gasteiger partial charge on any atom is -0.508 e. The Labute approximate surface area is 180 Å². The summed E-state index contributed by atoms with van der Waals surface area (Å²) in [6.45, 7) is 1.86. The highest BCUT2D eigenvalue weighted by Gasteiger charge is 2.34. The van der Waals surface area contributed by atoms with Crippen molar-refractivity contribution in [3.05, 3.63) is 78.0 Å². The van der Waals surface area contributed by atoms with E-state index in [1.54, 1.807) is 18.3 Å². The zero-order valence-electron chi connectivity index (χ0n) is 16.5. The number of ether oxygens (including phenoxy) is 1. The van der Waals surface area contributed by atoms with Crippen molar-refractivity contribution in [2.45, 2.75) is 12.6 Å². The van der Waals surface area contributed by atoms with Crippen molar-refractivity contribution in [3.8, 4) is 28.4 Å². The molecule has 1 heterocycles. The van der Waals surface area contributed by atoms with Crippen LogP contribution in [-0.2, 0) is 18.1 Å². The molecule has 7 heteroatoms. The normalized spacial score (nSPS) is 17.0. The maximum atomic E-state index is 10.5. The number of aryl methyl sites for hydroxylation is 1. The van der Waals surface area contributed by atoms with Gasteiger partial charge >= 0.3 is 0 Å². The average Bonchev–Trinajstić information content (AvgIpc) is 2.75. The van der Waals surface area contributed by atoms with E-state index in [2.05, 4.69) is 15.0 Å². The van der Waals surface area contributed by atoms with E-state index in [9.17, 15) is 10.2 Å². The number of rotatable bonds is 5. The smallest absolute Gasteiger partial charge is 0.190 e. The lowest BCUT2D eigenvalue weighted by Gasteiger charge is -2.33. The van der Waals surface area contributed by atoms with E-state index in [1.165, 1.54) is 13.2 Å². The van der Waals surface area contributed by atoms with Gasteiger partial charge in [-0.15, -0.1) is 0 Å². The van der Waals surface area contributed by atoms with E-state index in [0.29, 0.717) is 11.4 Å². The molecule has 3 aromatic carbocycles. The van der Waals surface area contributed by atoms with Crippen LogP contribution in [0.5, 0.6) is 17.2 Å². The van der Waals surface area contributed by atoms with Crippen LogP contribution in [0.2, 0.25) is 0 Å². The summed E-state index contributed by atoms with van der Waals surface area (Å²) in [6, 6.07) is 16.3. The Balaban J connectivity index is 1.83. The fourth-order valence-corrected chi connectivity index (χ4v) is 3.80.